The maximum absolute atomic E-state index is 10.9. The van der Waals surface area contributed by atoms with Crippen LogP contribution in [-0.2, 0) is 12.8 Å². The molecule has 0 saturated heterocycles. The predicted molar refractivity (Wildman–Crippen MR) is 155 cm³/mol. The van der Waals surface area contributed by atoms with Crippen molar-refractivity contribution in [2.45, 2.75) is 90.3 Å². The van der Waals surface area contributed by atoms with E-state index in [9.17, 15) is 5.11 Å². The molecule has 0 heterocycles. The van der Waals surface area contributed by atoms with Crippen LogP contribution in [0.3, 0.4) is 0 Å². The van der Waals surface area contributed by atoms with Crippen LogP contribution in [0.5, 0.6) is 23.0 Å². The maximum atomic E-state index is 10.9. The number of hydrogen-bond donors (Lipinski definition) is 1. The van der Waals surface area contributed by atoms with Gasteiger partial charge in [0.25, 0.3) is 0 Å². The lowest BCUT2D eigenvalue weighted by Crippen LogP contribution is -2.56. The fraction of sp³-hybridized carbons (Fsp3) is 0.529. The van der Waals surface area contributed by atoms with Crippen LogP contribution in [0.2, 0.25) is 0 Å². The molecule has 0 bridgehead atoms. The highest BCUT2D eigenvalue weighted by Gasteiger charge is 2.54. The van der Waals surface area contributed by atoms with Crippen molar-refractivity contribution in [2.75, 3.05) is 7.11 Å². The summed E-state index contributed by atoms with van der Waals surface area (Å²) in [6, 6.07) is 12.2. The molecule has 0 amide bonds. The van der Waals surface area contributed by atoms with E-state index in [0.717, 1.165) is 49.8 Å². The Morgan fingerprint density at radius 1 is 0.974 bits per heavy atom. The first kappa shape index (κ1) is 28.3. The molecule has 206 valence electrons. The monoisotopic (exact) mass is 518 g/mol. The summed E-state index contributed by atoms with van der Waals surface area (Å²) in [4.78, 5) is 0. The first-order chi connectivity index (χ1) is 18.0. The predicted octanol–water partition coefficient (Wildman–Crippen LogP) is 8.46. The van der Waals surface area contributed by atoms with Crippen molar-refractivity contribution < 1.29 is 19.3 Å². The van der Waals surface area contributed by atoms with Crippen molar-refractivity contribution in [3.63, 3.8) is 0 Å². The van der Waals surface area contributed by atoms with Crippen LogP contribution in [0.4, 0.5) is 0 Å². The molecule has 0 unspecified atom stereocenters. The van der Waals surface area contributed by atoms with Crippen molar-refractivity contribution in [2.24, 2.45) is 17.3 Å². The molecule has 0 radical (unpaired) electrons. The third kappa shape index (κ3) is 5.96. The van der Waals surface area contributed by atoms with Gasteiger partial charge in [-0.3, -0.25) is 0 Å². The lowest BCUT2D eigenvalue weighted by Gasteiger charge is -2.57. The van der Waals surface area contributed by atoms with Gasteiger partial charge in [-0.25, -0.2) is 0 Å². The smallest absolute Gasteiger partial charge is 0.204 e. The molecule has 0 aromatic heterocycles. The number of allylic oxidation sites excluding steroid dienone is 2. The average molecular weight is 519 g/mol. The van der Waals surface area contributed by atoms with Gasteiger partial charge in [-0.15, -0.1) is 13.2 Å². The highest BCUT2D eigenvalue weighted by molar-refractivity contribution is 5.56. The Labute approximate surface area is 229 Å². The largest absolute Gasteiger partial charge is 0.490 e. The van der Waals surface area contributed by atoms with E-state index in [1.54, 1.807) is 7.11 Å². The number of methoxy groups -OCH3 is 1. The van der Waals surface area contributed by atoms with Gasteiger partial charge in [0, 0.05) is 5.92 Å². The van der Waals surface area contributed by atoms with E-state index in [1.165, 1.54) is 12.0 Å². The van der Waals surface area contributed by atoms with Crippen LogP contribution in [0, 0.1) is 17.3 Å². The molecule has 1 N–H and O–H groups in total. The topological polar surface area (TPSA) is 47.9 Å². The van der Waals surface area contributed by atoms with Gasteiger partial charge >= 0.3 is 0 Å². The first-order valence-electron chi connectivity index (χ1n) is 14.1. The zero-order chi connectivity index (χ0) is 27.6. The molecule has 2 fully saturated rings. The van der Waals surface area contributed by atoms with Gasteiger partial charge in [-0.2, -0.15) is 0 Å². The molecule has 4 heteroatoms. The summed E-state index contributed by atoms with van der Waals surface area (Å²) in [5.74, 6) is 3.30. The van der Waals surface area contributed by atoms with Gasteiger partial charge in [0.2, 0.25) is 5.75 Å². The van der Waals surface area contributed by atoms with E-state index in [2.05, 4.69) is 45.2 Å². The van der Waals surface area contributed by atoms with Gasteiger partial charge in [0.15, 0.2) is 11.5 Å². The molecule has 4 atom stereocenters. The lowest BCUT2D eigenvalue weighted by molar-refractivity contribution is -0.131. The highest BCUT2D eigenvalue weighted by Crippen LogP contribution is 2.58. The minimum absolute atomic E-state index is 0.202. The van der Waals surface area contributed by atoms with E-state index in [4.69, 9.17) is 14.2 Å². The van der Waals surface area contributed by atoms with E-state index in [-0.39, 0.29) is 16.9 Å². The normalized spacial score (nSPS) is 27.2. The molecule has 0 spiro atoms. The fourth-order valence-corrected chi connectivity index (χ4v) is 6.94. The van der Waals surface area contributed by atoms with Crippen LogP contribution < -0.4 is 14.2 Å². The van der Waals surface area contributed by atoms with Crippen LogP contribution in [0.15, 0.2) is 61.7 Å². The number of ether oxygens (including phenoxy) is 3. The Balaban J connectivity index is 1.69. The van der Waals surface area contributed by atoms with Gasteiger partial charge in [-0.05, 0) is 119 Å². The Bertz CT molecular complexity index is 1130. The summed E-state index contributed by atoms with van der Waals surface area (Å²) in [6.45, 7) is 16.4. The van der Waals surface area contributed by atoms with E-state index in [1.807, 2.05) is 44.2 Å². The third-order valence-corrected chi connectivity index (χ3v) is 9.12. The second-order valence-corrected chi connectivity index (χ2v) is 12.5. The van der Waals surface area contributed by atoms with Crippen molar-refractivity contribution in [3.05, 3.63) is 72.8 Å². The molecule has 4 rings (SSSR count). The summed E-state index contributed by atoms with van der Waals surface area (Å²) >= 11 is 0. The molecular weight excluding hydrogens is 472 g/mol. The van der Waals surface area contributed by atoms with Crippen LogP contribution >= 0.6 is 0 Å². The Morgan fingerprint density at radius 2 is 1.63 bits per heavy atom. The molecule has 38 heavy (non-hydrogen) atoms. The SMILES string of the molecule is C=CCc1ccc(Oc2cc(CC=C)cc(O[C@]3(C)CCC[C@]4(C)CC[C@@H](C(C)(C)O)C[C@H]43)c2OC)cc1. The summed E-state index contributed by atoms with van der Waals surface area (Å²) in [5, 5.41) is 10.9. The van der Waals surface area contributed by atoms with Crippen molar-refractivity contribution in [3.8, 4) is 23.0 Å². The zero-order valence-corrected chi connectivity index (χ0v) is 24.0. The molecule has 2 aliphatic carbocycles. The van der Waals surface area contributed by atoms with Gasteiger partial charge in [0.1, 0.15) is 11.4 Å². The second kappa shape index (κ2) is 11.2. The molecule has 2 aliphatic rings. The zero-order valence-electron chi connectivity index (χ0n) is 24.0. The average Bonchev–Trinajstić information content (AvgIpc) is 2.85. The minimum Gasteiger partial charge on any atom is -0.490 e. The fourth-order valence-electron chi connectivity index (χ4n) is 6.94. The quantitative estimate of drug-likeness (QED) is 0.321. The van der Waals surface area contributed by atoms with Crippen LogP contribution in [0.1, 0.15) is 77.3 Å². The number of fused-ring (bicyclic) bond motifs is 1. The highest BCUT2D eigenvalue weighted by atomic mass is 16.5. The molecule has 2 aromatic carbocycles. The van der Waals surface area contributed by atoms with E-state index >= 15 is 0 Å². The van der Waals surface area contributed by atoms with Gasteiger partial charge in [0.05, 0.1) is 12.7 Å². The summed E-state index contributed by atoms with van der Waals surface area (Å²) < 4.78 is 19.4. The molecule has 0 aliphatic heterocycles. The number of aliphatic hydroxyl groups is 1. The maximum Gasteiger partial charge on any atom is 0.204 e. The lowest BCUT2D eigenvalue weighted by atomic mass is 9.52. The number of hydrogen-bond acceptors (Lipinski definition) is 4. The Morgan fingerprint density at radius 3 is 2.26 bits per heavy atom. The number of rotatable bonds is 10. The molecular formula is C34H46O4. The number of benzene rings is 2. The molecule has 4 nitrogen and oxygen atoms in total. The summed E-state index contributed by atoms with van der Waals surface area (Å²) in [5.41, 5.74) is 1.39. The van der Waals surface area contributed by atoms with Gasteiger partial charge < -0.3 is 19.3 Å². The standard InChI is InChI=1S/C34H46O4/c1-8-11-24-13-15-27(16-14-24)37-28-21-25(12-9-2)22-29(31(28)36-7)38-34(6)19-10-18-33(5)20-17-26(23-30(33)34)32(3,4)35/h8-9,13-16,21-22,26,30,35H,1-2,10-12,17-20,23H2,3-7H3/t26-,30-,33-,34-/m1/s1. The Kier molecular flexibility index (Phi) is 8.32. The minimum atomic E-state index is -0.691. The van der Waals surface area contributed by atoms with E-state index < -0.39 is 5.60 Å². The summed E-state index contributed by atoms with van der Waals surface area (Å²) in [7, 11) is 1.67. The van der Waals surface area contributed by atoms with Crippen molar-refractivity contribution in [1.29, 1.82) is 0 Å². The first-order valence-corrected chi connectivity index (χ1v) is 14.1. The van der Waals surface area contributed by atoms with E-state index in [0.29, 0.717) is 29.6 Å². The third-order valence-electron chi connectivity index (χ3n) is 9.12. The van der Waals surface area contributed by atoms with Crippen LogP contribution in [0.25, 0.3) is 0 Å². The molecule has 2 aromatic rings. The summed E-state index contributed by atoms with van der Waals surface area (Å²) in [6.07, 6.45) is 11.8. The van der Waals surface area contributed by atoms with Crippen LogP contribution in [-0.4, -0.2) is 23.4 Å². The van der Waals surface area contributed by atoms with Crippen molar-refractivity contribution in [1.82, 2.24) is 0 Å². The molecule has 2 saturated carbocycles. The second-order valence-electron chi connectivity index (χ2n) is 12.5. The van der Waals surface area contributed by atoms with Crippen molar-refractivity contribution >= 4 is 0 Å². The van der Waals surface area contributed by atoms with Gasteiger partial charge in [-0.1, -0.05) is 31.2 Å². The Hall–Kier alpha value is -2.72.